The number of rotatable bonds is 4. The van der Waals surface area contributed by atoms with Gasteiger partial charge in [0, 0.05) is 26.2 Å². The van der Waals surface area contributed by atoms with Gasteiger partial charge in [0.05, 0.1) is 0 Å². The maximum Gasteiger partial charge on any atom is 0.410 e. The molecule has 25 heavy (non-hydrogen) atoms. The summed E-state index contributed by atoms with van der Waals surface area (Å²) in [5, 5.41) is 7.98. The Morgan fingerprint density at radius 3 is 2.40 bits per heavy atom. The molecule has 0 unspecified atom stereocenters. The van der Waals surface area contributed by atoms with Gasteiger partial charge in [0.15, 0.2) is 11.5 Å². The van der Waals surface area contributed by atoms with Crippen molar-refractivity contribution < 1.29 is 19.1 Å². The monoisotopic (exact) mass is 348 g/mol. The van der Waals surface area contributed by atoms with Gasteiger partial charge in [-0.05, 0) is 32.9 Å². The summed E-state index contributed by atoms with van der Waals surface area (Å²) in [6.45, 7) is 11.5. The van der Waals surface area contributed by atoms with E-state index >= 15 is 0 Å². The number of piperazine rings is 1. The van der Waals surface area contributed by atoms with E-state index in [9.17, 15) is 9.59 Å². The normalized spacial score (nSPS) is 14.8. The summed E-state index contributed by atoms with van der Waals surface area (Å²) < 4.78 is 10.3. The highest BCUT2D eigenvalue weighted by molar-refractivity contribution is 5.87. The maximum absolute atomic E-state index is 12.1. The van der Waals surface area contributed by atoms with Gasteiger partial charge in [-0.15, -0.1) is 10.2 Å². The first-order valence-electron chi connectivity index (χ1n) is 8.15. The predicted molar refractivity (Wildman–Crippen MR) is 92.5 cm³/mol. The molecule has 8 nitrogen and oxygen atoms in total. The molecule has 136 valence electrons. The fourth-order valence-corrected chi connectivity index (χ4v) is 2.26. The minimum atomic E-state index is -0.534. The molecule has 0 radical (unpaired) electrons. The van der Waals surface area contributed by atoms with E-state index in [-0.39, 0.29) is 18.4 Å². The van der Waals surface area contributed by atoms with Crippen LogP contribution < -0.4 is 4.90 Å². The van der Waals surface area contributed by atoms with Crippen LogP contribution in [0.5, 0.6) is 0 Å². The van der Waals surface area contributed by atoms with Crippen molar-refractivity contribution in [3.05, 3.63) is 30.5 Å². The molecular weight excluding hydrogens is 324 g/mol. The molecule has 0 bridgehead atoms. The fourth-order valence-electron chi connectivity index (χ4n) is 2.26. The largest absolute Gasteiger partial charge is 0.457 e. The van der Waals surface area contributed by atoms with Gasteiger partial charge in [-0.3, -0.25) is 0 Å². The van der Waals surface area contributed by atoms with E-state index in [0.717, 1.165) is 0 Å². The van der Waals surface area contributed by atoms with Crippen LogP contribution in [0.4, 0.5) is 10.6 Å². The highest BCUT2D eigenvalue weighted by Crippen LogP contribution is 2.15. The molecule has 1 aromatic rings. The van der Waals surface area contributed by atoms with E-state index in [1.807, 2.05) is 25.7 Å². The van der Waals surface area contributed by atoms with E-state index in [1.165, 1.54) is 6.08 Å². The summed E-state index contributed by atoms with van der Waals surface area (Å²) in [5.41, 5.74) is -0.353. The summed E-state index contributed by atoms with van der Waals surface area (Å²) in [4.78, 5) is 27.4. The molecule has 8 heteroatoms. The van der Waals surface area contributed by atoms with E-state index in [4.69, 9.17) is 9.47 Å². The van der Waals surface area contributed by atoms with Gasteiger partial charge >= 0.3 is 12.1 Å². The predicted octanol–water partition coefficient (Wildman–Crippen LogP) is 1.88. The summed E-state index contributed by atoms with van der Waals surface area (Å²) in [7, 11) is 0. The molecule has 0 N–H and O–H groups in total. The lowest BCUT2D eigenvalue weighted by Crippen LogP contribution is -2.50. The number of esters is 1. The first kappa shape index (κ1) is 18.7. The minimum Gasteiger partial charge on any atom is -0.457 e. The van der Waals surface area contributed by atoms with Gasteiger partial charge in [-0.25, -0.2) is 9.59 Å². The second-order valence-corrected chi connectivity index (χ2v) is 6.62. The summed E-state index contributed by atoms with van der Waals surface area (Å²) in [5.74, 6) is 0.123. The Labute approximate surface area is 147 Å². The molecule has 0 atom stereocenters. The van der Waals surface area contributed by atoms with Gasteiger partial charge in [-0.1, -0.05) is 12.7 Å². The van der Waals surface area contributed by atoms with Crippen molar-refractivity contribution in [2.75, 3.05) is 37.7 Å². The van der Waals surface area contributed by atoms with E-state index < -0.39 is 11.6 Å². The lowest BCUT2D eigenvalue weighted by molar-refractivity contribution is 0.0240. The van der Waals surface area contributed by atoms with Crippen molar-refractivity contribution in [2.24, 2.45) is 0 Å². The Kier molecular flexibility index (Phi) is 5.95. The summed E-state index contributed by atoms with van der Waals surface area (Å²) in [6.07, 6.45) is 1.18. The molecule has 1 amide bonds. The Bertz CT molecular complexity index is 617. The minimum absolute atomic E-state index is 0.134. The summed E-state index contributed by atoms with van der Waals surface area (Å²) >= 11 is 0. The van der Waals surface area contributed by atoms with Crippen molar-refractivity contribution in [3.8, 4) is 0 Å². The van der Waals surface area contributed by atoms with Gasteiger partial charge in [0.1, 0.15) is 12.2 Å². The van der Waals surface area contributed by atoms with Gasteiger partial charge in [-0.2, -0.15) is 0 Å². The van der Waals surface area contributed by atoms with Crippen LogP contribution in [0.2, 0.25) is 0 Å². The summed E-state index contributed by atoms with van der Waals surface area (Å²) in [6, 6.07) is 3.30. The molecule has 0 spiro atoms. The van der Waals surface area contributed by atoms with E-state index in [1.54, 1.807) is 17.0 Å². The number of carbonyl (C=O) groups excluding carboxylic acids is 2. The molecule has 1 saturated heterocycles. The van der Waals surface area contributed by atoms with Crippen LogP contribution in [0, 0.1) is 0 Å². The van der Waals surface area contributed by atoms with Crippen LogP contribution in [-0.4, -0.2) is 65.5 Å². The molecule has 1 aliphatic rings. The smallest absolute Gasteiger partial charge is 0.410 e. The number of nitrogens with zero attached hydrogens (tertiary/aromatic N) is 4. The van der Waals surface area contributed by atoms with Crippen molar-refractivity contribution in [3.63, 3.8) is 0 Å². The molecule has 0 saturated carbocycles. The highest BCUT2D eigenvalue weighted by Gasteiger charge is 2.26. The van der Waals surface area contributed by atoms with Gasteiger partial charge in [0.2, 0.25) is 0 Å². The Hall–Kier alpha value is -2.64. The molecule has 0 aliphatic carbocycles. The van der Waals surface area contributed by atoms with Crippen LogP contribution in [0.1, 0.15) is 31.3 Å². The van der Waals surface area contributed by atoms with Crippen LogP contribution in [-0.2, 0) is 9.47 Å². The molecule has 1 fully saturated rings. The molecule has 1 aromatic heterocycles. The molecule has 2 heterocycles. The number of hydrogen-bond acceptors (Lipinski definition) is 7. The third kappa shape index (κ3) is 5.44. The average molecular weight is 348 g/mol. The Morgan fingerprint density at radius 1 is 1.20 bits per heavy atom. The third-order valence-electron chi connectivity index (χ3n) is 3.45. The number of carbonyl (C=O) groups is 2. The zero-order chi connectivity index (χ0) is 18.4. The molecule has 2 rings (SSSR count). The lowest BCUT2D eigenvalue weighted by atomic mass is 10.2. The second-order valence-electron chi connectivity index (χ2n) is 6.62. The average Bonchev–Trinajstić information content (AvgIpc) is 2.58. The molecule has 1 aliphatic heterocycles. The van der Waals surface area contributed by atoms with Crippen molar-refractivity contribution in [1.82, 2.24) is 15.1 Å². The SMILES string of the molecule is C=CCOC(=O)c1ccc(N2CCN(C(=O)OC(C)(C)C)CC2)nn1. The number of amides is 1. The van der Waals surface area contributed by atoms with Crippen LogP contribution >= 0.6 is 0 Å². The highest BCUT2D eigenvalue weighted by atomic mass is 16.6. The van der Waals surface area contributed by atoms with Crippen molar-refractivity contribution >= 4 is 17.9 Å². The standard InChI is InChI=1S/C17H24N4O4/c1-5-12-24-15(22)13-6-7-14(19-18-13)20-8-10-21(11-9-20)16(23)25-17(2,3)4/h5-7H,1,8-12H2,2-4H3. The first-order chi connectivity index (χ1) is 11.8. The quantitative estimate of drug-likeness (QED) is 0.606. The second kappa shape index (κ2) is 7.96. The van der Waals surface area contributed by atoms with Crippen molar-refractivity contribution in [1.29, 1.82) is 0 Å². The van der Waals surface area contributed by atoms with E-state index in [0.29, 0.717) is 32.0 Å². The maximum atomic E-state index is 12.1. The molecule has 0 aromatic carbocycles. The van der Waals surface area contributed by atoms with E-state index in [2.05, 4.69) is 16.8 Å². The zero-order valence-corrected chi connectivity index (χ0v) is 14.9. The number of anilines is 1. The topological polar surface area (TPSA) is 84.9 Å². The fraction of sp³-hybridized carbons (Fsp3) is 0.529. The van der Waals surface area contributed by atoms with Gasteiger partial charge in [0.25, 0.3) is 0 Å². The van der Waals surface area contributed by atoms with Crippen LogP contribution in [0.25, 0.3) is 0 Å². The number of aromatic nitrogens is 2. The van der Waals surface area contributed by atoms with Crippen LogP contribution in [0.3, 0.4) is 0 Å². The third-order valence-corrected chi connectivity index (χ3v) is 3.45. The van der Waals surface area contributed by atoms with Gasteiger partial charge < -0.3 is 19.3 Å². The Balaban J connectivity index is 1.89. The first-order valence-corrected chi connectivity index (χ1v) is 8.15. The number of hydrogen-bond donors (Lipinski definition) is 0. The lowest BCUT2D eigenvalue weighted by Gasteiger charge is -2.35. The number of ether oxygens (including phenoxy) is 2. The zero-order valence-electron chi connectivity index (χ0n) is 14.9. The van der Waals surface area contributed by atoms with Crippen LogP contribution in [0.15, 0.2) is 24.8 Å². The Morgan fingerprint density at radius 2 is 1.88 bits per heavy atom. The molecular formula is C17H24N4O4. The van der Waals surface area contributed by atoms with Crippen molar-refractivity contribution in [2.45, 2.75) is 26.4 Å².